The highest BCUT2D eigenvalue weighted by atomic mass is 16.3. The standard InChI is InChI=1S/C59H36N4O/c1-3-15-37(16-4-1)39-29-33-41(34-30-39)57-60-58(42-35-31-40(32-36-42)38-17-5-2-6-18-38)62-59(61-57)63-55-48(46-24-14-28-52-53(46)49-23-11-12-27-51(49)64-52)25-13-26-50(55)54-45-21-9-7-19-43(45)44-20-8-10-22-47(44)56(54)63/h1-36H. The second-order valence-electron chi connectivity index (χ2n) is 16.3. The molecule has 298 valence electrons. The van der Waals surface area contributed by atoms with Crippen molar-refractivity contribution in [1.82, 2.24) is 19.5 Å². The van der Waals surface area contributed by atoms with Crippen LogP contribution in [0.1, 0.15) is 0 Å². The van der Waals surface area contributed by atoms with Crippen LogP contribution in [0.3, 0.4) is 0 Å². The highest BCUT2D eigenvalue weighted by molar-refractivity contribution is 6.33. The molecule has 0 saturated carbocycles. The van der Waals surface area contributed by atoms with Crippen molar-refractivity contribution in [2.75, 3.05) is 0 Å². The van der Waals surface area contributed by atoms with Crippen molar-refractivity contribution in [2.45, 2.75) is 0 Å². The van der Waals surface area contributed by atoms with Gasteiger partial charge in [-0.2, -0.15) is 9.97 Å². The van der Waals surface area contributed by atoms with Gasteiger partial charge < -0.3 is 4.42 Å². The van der Waals surface area contributed by atoms with Crippen molar-refractivity contribution in [3.8, 4) is 62.1 Å². The Bertz CT molecular complexity index is 3830. The van der Waals surface area contributed by atoms with Gasteiger partial charge in [-0.05, 0) is 56.1 Å². The molecule has 0 atom stereocenters. The second kappa shape index (κ2) is 14.5. The third-order valence-electron chi connectivity index (χ3n) is 12.7. The van der Waals surface area contributed by atoms with Crippen molar-refractivity contribution in [3.63, 3.8) is 0 Å². The number of para-hydroxylation sites is 2. The van der Waals surface area contributed by atoms with Crippen LogP contribution in [-0.2, 0) is 0 Å². The Kier molecular flexibility index (Phi) is 8.15. The van der Waals surface area contributed by atoms with E-state index in [0.29, 0.717) is 17.6 Å². The molecule has 10 aromatic carbocycles. The number of rotatable bonds is 6. The molecule has 0 saturated heterocycles. The van der Waals surface area contributed by atoms with E-state index < -0.39 is 0 Å². The molecule has 5 nitrogen and oxygen atoms in total. The fourth-order valence-corrected chi connectivity index (χ4v) is 9.75. The van der Waals surface area contributed by atoms with Crippen molar-refractivity contribution < 1.29 is 4.42 Å². The molecule has 0 unspecified atom stereocenters. The van der Waals surface area contributed by atoms with Crippen molar-refractivity contribution in [1.29, 1.82) is 0 Å². The zero-order chi connectivity index (χ0) is 42.1. The largest absolute Gasteiger partial charge is 0.456 e. The summed E-state index contributed by atoms with van der Waals surface area (Å²) in [6.07, 6.45) is 0. The maximum absolute atomic E-state index is 6.48. The number of hydrogen-bond acceptors (Lipinski definition) is 4. The van der Waals surface area contributed by atoms with Crippen LogP contribution in [-0.4, -0.2) is 19.5 Å². The van der Waals surface area contributed by atoms with Gasteiger partial charge in [0, 0.05) is 43.6 Å². The molecule has 13 aromatic rings. The van der Waals surface area contributed by atoms with Crippen molar-refractivity contribution >= 4 is 65.3 Å². The Labute approximate surface area is 368 Å². The van der Waals surface area contributed by atoms with Crippen molar-refractivity contribution in [2.24, 2.45) is 0 Å². The lowest BCUT2D eigenvalue weighted by atomic mass is 9.95. The molecule has 0 radical (unpaired) electrons. The van der Waals surface area contributed by atoms with Gasteiger partial charge in [0.25, 0.3) is 0 Å². The molecule has 0 bridgehead atoms. The molecule has 0 N–H and O–H groups in total. The monoisotopic (exact) mass is 816 g/mol. The smallest absolute Gasteiger partial charge is 0.238 e. The van der Waals surface area contributed by atoms with Gasteiger partial charge in [-0.3, -0.25) is 4.57 Å². The molecule has 0 amide bonds. The maximum Gasteiger partial charge on any atom is 0.238 e. The predicted molar refractivity (Wildman–Crippen MR) is 264 cm³/mol. The second-order valence-corrected chi connectivity index (χ2v) is 16.3. The van der Waals surface area contributed by atoms with E-state index in [4.69, 9.17) is 19.4 Å². The summed E-state index contributed by atoms with van der Waals surface area (Å²) >= 11 is 0. The Morgan fingerprint density at radius 3 is 1.38 bits per heavy atom. The summed E-state index contributed by atoms with van der Waals surface area (Å²) in [5.74, 6) is 1.72. The minimum Gasteiger partial charge on any atom is -0.456 e. The minimum absolute atomic E-state index is 0.538. The predicted octanol–water partition coefficient (Wildman–Crippen LogP) is 15.5. The van der Waals surface area contributed by atoms with Gasteiger partial charge in [-0.1, -0.05) is 206 Å². The molecular formula is C59H36N4O. The molecule has 0 spiro atoms. The third kappa shape index (κ3) is 5.68. The average Bonchev–Trinajstić information content (AvgIpc) is 3.94. The third-order valence-corrected chi connectivity index (χ3v) is 12.7. The van der Waals surface area contributed by atoms with E-state index in [0.717, 1.165) is 93.6 Å². The van der Waals surface area contributed by atoms with Crippen LogP contribution in [0.2, 0.25) is 0 Å². The zero-order valence-electron chi connectivity index (χ0n) is 34.5. The highest BCUT2D eigenvalue weighted by Crippen LogP contribution is 2.47. The number of aromatic nitrogens is 4. The minimum atomic E-state index is 0.538. The van der Waals surface area contributed by atoms with Gasteiger partial charge >= 0.3 is 0 Å². The molecule has 0 aliphatic carbocycles. The summed E-state index contributed by atoms with van der Waals surface area (Å²) in [6, 6.07) is 76.8. The summed E-state index contributed by atoms with van der Waals surface area (Å²) in [4.78, 5) is 16.2. The van der Waals surface area contributed by atoms with Crippen LogP contribution in [0.4, 0.5) is 0 Å². The van der Waals surface area contributed by atoms with Gasteiger partial charge in [0.1, 0.15) is 11.2 Å². The van der Waals surface area contributed by atoms with E-state index in [1.165, 1.54) is 16.2 Å². The molecule has 0 aliphatic heterocycles. The van der Waals surface area contributed by atoms with E-state index in [1.54, 1.807) is 0 Å². The van der Waals surface area contributed by atoms with Crippen LogP contribution in [0.15, 0.2) is 223 Å². The molecule has 64 heavy (non-hydrogen) atoms. The maximum atomic E-state index is 6.48. The van der Waals surface area contributed by atoms with Gasteiger partial charge in [0.2, 0.25) is 5.95 Å². The quantitative estimate of drug-likeness (QED) is 0.157. The molecule has 0 aliphatic rings. The van der Waals surface area contributed by atoms with Gasteiger partial charge in [-0.15, -0.1) is 0 Å². The number of hydrogen-bond donors (Lipinski definition) is 0. The summed E-state index contributed by atoms with van der Waals surface area (Å²) in [5.41, 5.74) is 12.3. The average molecular weight is 817 g/mol. The Balaban J connectivity index is 1.15. The number of fused-ring (bicyclic) bond motifs is 11. The zero-order valence-corrected chi connectivity index (χ0v) is 34.5. The summed E-state index contributed by atoms with van der Waals surface area (Å²) < 4.78 is 8.79. The first kappa shape index (κ1) is 36.0. The van der Waals surface area contributed by atoms with Crippen molar-refractivity contribution in [3.05, 3.63) is 218 Å². The fourth-order valence-electron chi connectivity index (χ4n) is 9.75. The highest BCUT2D eigenvalue weighted by Gasteiger charge is 2.25. The summed E-state index contributed by atoms with van der Waals surface area (Å²) in [7, 11) is 0. The number of benzene rings is 10. The normalized spacial score (nSPS) is 11.8. The number of furan rings is 1. The molecular weight excluding hydrogens is 781 g/mol. The molecule has 3 aromatic heterocycles. The first-order valence-electron chi connectivity index (χ1n) is 21.6. The Morgan fingerprint density at radius 1 is 0.281 bits per heavy atom. The summed E-state index contributed by atoms with van der Waals surface area (Å²) in [5, 5.41) is 9.08. The van der Waals surface area contributed by atoms with E-state index in [1.807, 2.05) is 24.3 Å². The Morgan fingerprint density at radius 2 is 0.734 bits per heavy atom. The molecule has 3 heterocycles. The van der Waals surface area contributed by atoms with Crippen LogP contribution in [0.5, 0.6) is 0 Å². The first-order chi connectivity index (χ1) is 31.7. The molecule has 0 fully saturated rings. The number of nitrogens with zero attached hydrogens (tertiary/aromatic N) is 4. The van der Waals surface area contributed by atoms with E-state index >= 15 is 0 Å². The van der Waals surface area contributed by atoms with E-state index in [-0.39, 0.29) is 0 Å². The van der Waals surface area contributed by atoms with Gasteiger partial charge in [0.15, 0.2) is 11.6 Å². The molecule has 13 rings (SSSR count). The van der Waals surface area contributed by atoms with Crippen LogP contribution in [0, 0.1) is 0 Å². The molecule has 5 heteroatoms. The van der Waals surface area contributed by atoms with Crippen LogP contribution >= 0.6 is 0 Å². The lowest BCUT2D eigenvalue weighted by Crippen LogP contribution is -2.07. The summed E-state index contributed by atoms with van der Waals surface area (Å²) in [6.45, 7) is 0. The SMILES string of the molecule is c1ccc(-c2ccc(-c3nc(-c4ccc(-c5ccccc5)cc4)nc(-n4c5c(-c6cccc7oc8ccccc8c67)cccc5c5c6ccccc6c6ccccc6c54)n3)cc2)cc1. The van der Waals surface area contributed by atoms with Crippen LogP contribution < -0.4 is 0 Å². The van der Waals surface area contributed by atoms with Gasteiger partial charge in [-0.25, -0.2) is 4.98 Å². The van der Waals surface area contributed by atoms with E-state index in [2.05, 4.69) is 199 Å². The lowest BCUT2D eigenvalue weighted by Gasteiger charge is -2.15. The lowest BCUT2D eigenvalue weighted by molar-refractivity contribution is 0.669. The fraction of sp³-hybridized carbons (Fsp3) is 0. The van der Waals surface area contributed by atoms with Gasteiger partial charge in [0.05, 0.1) is 11.0 Å². The first-order valence-corrected chi connectivity index (χ1v) is 21.6. The van der Waals surface area contributed by atoms with E-state index in [9.17, 15) is 0 Å². The topological polar surface area (TPSA) is 56.7 Å². The Hall–Kier alpha value is -8.67. The van der Waals surface area contributed by atoms with Crippen LogP contribution in [0.25, 0.3) is 127 Å².